The Hall–Kier alpha value is -1.59. The van der Waals surface area contributed by atoms with Crippen LogP contribution in [-0.4, -0.2) is 22.8 Å². The molecule has 4 nitrogen and oxygen atoms in total. The molecule has 1 aromatic heterocycles. The van der Waals surface area contributed by atoms with Crippen molar-refractivity contribution in [3.05, 3.63) is 47.8 Å². The summed E-state index contributed by atoms with van der Waals surface area (Å²) in [5.41, 5.74) is 2.44. The van der Waals surface area contributed by atoms with Gasteiger partial charge in [0.1, 0.15) is 17.2 Å². The third-order valence-corrected chi connectivity index (χ3v) is 3.53. The van der Waals surface area contributed by atoms with Crippen molar-refractivity contribution in [2.75, 3.05) is 18.2 Å². The van der Waals surface area contributed by atoms with Gasteiger partial charge in [-0.15, -0.1) is 11.8 Å². The maximum atomic E-state index is 5.49. The van der Waals surface area contributed by atoms with Crippen molar-refractivity contribution in [3.63, 3.8) is 0 Å². The summed E-state index contributed by atoms with van der Waals surface area (Å²) < 4.78 is 5.49. The number of hydrogen-bond acceptors (Lipinski definition) is 5. The second kappa shape index (κ2) is 7.87. The summed E-state index contributed by atoms with van der Waals surface area (Å²) in [7, 11) is 0. The Kier molecular flexibility index (Phi) is 5.83. The largest absolute Gasteiger partial charge is 0.377 e. The van der Waals surface area contributed by atoms with Crippen LogP contribution in [0.5, 0.6) is 0 Å². The van der Waals surface area contributed by atoms with Crippen molar-refractivity contribution < 1.29 is 4.74 Å². The van der Waals surface area contributed by atoms with E-state index in [1.807, 2.05) is 31.4 Å². The summed E-state index contributed by atoms with van der Waals surface area (Å²) in [5, 5.41) is 4.30. The molecule has 0 unspecified atom stereocenters. The number of hydrogen-bond donors (Lipinski definition) is 1. The highest BCUT2D eigenvalue weighted by atomic mass is 32.2. The van der Waals surface area contributed by atoms with Crippen LogP contribution in [0.25, 0.3) is 0 Å². The van der Waals surface area contributed by atoms with Gasteiger partial charge in [0.05, 0.1) is 6.61 Å². The molecule has 0 atom stereocenters. The number of thioether (sulfide) groups is 1. The summed E-state index contributed by atoms with van der Waals surface area (Å²) >= 11 is 1.61. The fourth-order valence-corrected chi connectivity index (χ4v) is 2.20. The Morgan fingerprint density at radius 3 is 2.75 bits per heavy atom. The summed E-state index contributed by atoms with van der Waals surface area (Å²) in [6.07, 6.45) is 3.59. The molecule has 0 radical (unpaired) electrons. The van der Waals surface area contributed by atoms with E-state index in [-0.39, 0.29) is 0 Å². The number of aromatic nitrogens is 2. The quantitative estimate of drug-likeness (QED) is 0.625. The molecule has 0 fully saturated rings. The molecule has 106 valence electrons. The number of rotatable bonds is 7. The molecular weight excluding hydrogens is 270 g/mol. The Morgan fingerprint density at radius 1 is 1.20 bits per heavy atom. The second-order valence-corrected chi connectivity index (χ2v) is 5.03. The summed E-state index contributed by atoms with van der Waals surface area (Å²) in [4.78, 5) is 8.39. The fraction of sp³-hybridized carbons (Fsp3) is 0.333. The van der Waals surface area contributed by atoms with Gasteiger partial charge in [-0.3, -0.25) is 0 Å². The van der Waals surface area contributed by atoms with Gasteiger partial charge in [0.2, 0.25) is 0 Å². The van der Waals surface area contributed by atoms with Gasteiger partial charge in [-0.2, -0.15) is 0 Å². The van der Waals surface area contributed by atoms with Crippen molar-refractivity contribution in [2.24, 2.45) is 0 Å². The Balaban J connectivity index is 2.02. The monoisotopic (exact) mass is 289 g/mol. The van der Waals surface area contributed by atoms with E-state index in [4.69, 9.17) is 4.74 Å². The van der Waals surface area contributed by atoms with Crippen LogP contribution in [0.3, 0.4) is 0 Å². The lowest BCUT2D eigenvalue weighted by molar-refractivity contribution is 0.133. The van der Waals surface area contributed by atoms with E-state index < -0.39 is 0 Å². The van der Waals surface area contributed by atoms with Crippen LogP contribution < -0.4 is 5.32 Å². The average molecular weight is 289 g/mol. The first-order valence-electron chi connectivity index (χ1n) is 6.58. The zero-order valence-electron chi connectivity index (χ0n) is 11.8. The lowest BCUT2D eigenvalue weighted by Gasteiger charge is -2.11. The first-order valence-corrected chi connectivity index (χ1v) is 7.80. The van der Waals surface area contributed by atoms with E-state index in [0.29, 0.717) is 6.61 Å². The van der Waals surface area contributed by atoms with Gasteiger partial charge in [0, 0.05) is 19.2 Å². The van der Waals surface area contributed by atoms with Crippen LogP contribution in [0, 0.1) is 0 Å². The van der Waals surface area contributed by atoms with Gasteiger partial charge in [0.15, 0.2) is 0 Å². The number of nitrogens with zero attached hydrogens (tertiary/aromatic N) is 2. The average Bonchev–Trinajstić information content (AvgIpc) is 2.52. The predicted octanol–water partition coefficient (Wildman–Crippen LogP) is 3.35. The lowest BCUT2D eigenvalue weighted by atomic mass is 10.1. The van der Waals surface area contributed by atoms with Gasteiger partial charge < -0.3 is 10.1 Å². The highest BCUT2D eigenvalue weighted by molar-refractivity contribution is 7.98. The molecule has 0 spiro atoms. The number of benzene rings is 1. The summed E-state index contributed by atoms with van der Waals surface area (Å²) in [6, 6.07) is 10.2. The van der Waals surface area contributed by atoms with Crippen LogP contribution in [0.2, 0.25) is 0 Å². The summed E-state index contributed by atoms with van der Waals surface area (Å²) in [5.74, 6) is 0.843. The SMILES string of the molecule is CCOCc1ccccc1CNc1cc(SC)ncn1. The zero-order valence-corrected chi connectivity index (χ0v) is 12.6. The van der Waals surface area contributed by atoms with E-state index in [9.17, 15) is 0 Å². The summed E-state index contributed by atoms with van der Waals surface area (Å²) in [6.45, 7) is 4.11. The van der Waals surface area contributed by atoms with Crippen LogP contribution in [0.15, 0.2) is 41.7 Å². The van der Waals surface area contributed by atoms with E-state index in [1.165, 1.54) is 11.1 Å². The standard InChI is InChI=1S/C15H19N3OS/c1-3-19-10-13-7-5-4-6-12(13)9-16-14-8-15(20-2)18-11-17-14/h4-8,11H,3,9-10H2,1-2H3,(H,16,17,18). The first kappa shape index (κ1) is 14.8. The number of ether oxygens (including phenoxy) is 1. The number of nitrogens with one attached hydrogen (secondary N) is 1. The molecule has 1 N–H and O–H groups in total. The maximum Gasteiger partial charge on any atom is 0.130 e. The molecular formula is C15H19N3OS. The van der Waals surface area contributed by atoms with Crippen molar-refractivity contribution in [3.8, 4) is 0 Å². The van der Waals surface area contributed by atoms with Crippen molar-refractivity contribution in [1.82, 2.24) is 9.97 Å². The van der Waals surface area contributed by atoms with E-state index in [0.717, 1.165) is 24.0 Å². The lowest BCUT2D eigenvalue weighted by Crippen LogP contribution is -2.05. The molecule has 0 saturated carbocycles. The topological polar surface area (TPSA) is 47.0 Å². The van der Waals surface area contributed by atoms with Crippen molar-refractivity contribution in [2.45, 2.75) is 25.1 Å². The van der Waals surface area contributed by atoms with Gasteiger partial charge in [-0.05, 0) is 24.3 Å². The molecule has 0 aliphatic rings. The minimum absolute atomic E-state index is 0.647. The van der Waals surface area contributed by atoms with Crippen molar-refractivity contribution >= 4 is 17.6 Å². The van der Waals surface area contributed by atoms with E-state index in [2.05, 4.69) is 27.4 Å². The smallest absolute Gasteiger partial charge is 0.130 e. The highest BCUT2D eigenvalue weighted by Crippen LogP contribution is 2.16. The fourth-order valence-electron chi connectivity index (χ4n) is 1.82. The van der Waals surface area contributed by atoms with E-state index in [1.54, 1.807) is 18.1 Å². The first-order chi connectivity index (χ1) is 9.83. The Morgan fingerprint density at radius 2 is 2.00 bits per heavy atom. The van der Waals surface area contributed by atoms with Crippen LogP contribution in [0.1, 0.15) is 18.1 Å². The van der Waals surface area contributed by atoms with Gasteiger partial charge in [0.25, 0.3) is 0 Å². The molecule has 2 aromatic rings. The molecule has 0 bridgehead atoms. The minimum Gasteiger partial charge on any atom is -0.377 e. The molecule has 0 saturated heterocycles. The highest BCUT2D eigenvalue weighted by Gasteiger charge is 2.03. The second-order valence-electron chi connectivity index (χ2n) is 4.21. The predicted molar refractivity (Wildman–Crippen MR) is 82.9 cm³/mol. The molecule has 1 heterocycles. The zero-order chi connectivity index (χ0) is 14.2. The van der Waals surface area contributed by atoms with Gasteiger partial charge >= 0.3 is 0 Å². The molecule has 5 heteroatoms. The third-order valence-electron chi connectivity index (χ3n) is 2.89. The third kappa shape index (κ3) is 4.21. The molecule has 1 aromatic carbocycles. The maximum absolute atomic E-state index is 5.49. The van der Waals surface area contributed by atoms with Crippen LogP contribution in [-0.2, 0) is 17.9 Å². The Bertz CT molecular complexity index is 548. The van der Waals surface area contributed by atoms with Crippen LogP contribution in [0.4, 0.5) is 5.82 Å². The van der Waals surface area contributed by atoms with Gasteiger partial charge in [-0.1, -0.05) is 24.3 Å². The minimum atomic E-state index is 0.647. The molecule has 0 amide bonds. The molecule has 20 heavy (non-hydrogen) atoms. The number of anilines is 1. The molecule has 0 aliphatic carbocycles. The molecule has 0 aliphatic heterocycles. The Labute approximate surface area is 124 Å². The van der Waals surface area contributed by atoms with Gasteiger partial charge in [-0.25, -0.2) is 9.97 Å². The van der Waals surface area contributed by atoms with Crippen LogP contribution >= 0.6 is 11.8 Å². The molecule has 2 rings (SSSR count). The van der Waals surface area contributed by atoms with E-state index >= 15 is 0 Å². The normalized spacial score (nSPS) is 10.5. The van der Waals surface area contributed by atoms with Crippen molar-refractivity contribution in [1.29, 1.82) is 0 Å².